The summed E-state index contributed by atoms with van der Waals surface area (Å²) < 4.78 is 12.9. The van der Waals surface area contributed by atoms with Gasteiger partial charge in [-0.2, -0.15) is 0 Å². The van der Waals surface area contributed by atoms with Gasteiger partial charge in [0, 0.05) is 0 Å². The lowest BCUT2D eigenvalue weighted by molar-refractivity contribution is -0.142. The first kappa shape index (κ1) is 11.7. The van der Waals surface area contributed by atoms with E-state index in [2.05, 4.69) is 0 Å². The second kappa shape index (κ2) is 4.89. The minimum absolute atomic E-state index is 0.306. The number of halogens is 1. The zero-order valence-electron chi connectivity index (χ0n) is 8.77. The molecule has 0 bridgehead atoms. The Hall–Kier alpha value is -1.42. The van der Waals surface area contributed by atoms with Crippen LogP contribution in [0, 0.1) is 5.82 Å². The number of hydrogen-bond donors (Lipinski definition) is 1. The number of benzene rings is 1. The van der Waals surface area contributed by atoms with Crippen molar-refractivity contribution >= 4 is 5.97 Å². The van der Waals surface area contributed by atoms with Gasteiger partial charge in [0.1, 0.15) is 11.9 Å². The van der Waals surface area contributed by atoms with Gasteiger partial charge in [-0.1, -0.05) is 12.1 Å². The molecule has 1 unspecified atom stereocenters. The lowest BCUT2D eigenvalue weighted by Crippen LogP contribution is -2.37. The van der Waals surface area contributed by atoms with Crippen molar-refractivity contribution in [3.63, 3.8) is 0 Å². The van der Waals surface area contributed by atoms with Crippen LogP contribution in [-0.2, 0) is 11.2 Å². The quantitative estimate of drug-likeness (QED) is 0.818. The first-order valence-electron chi connectivity index (χ1n) is 4.64. The molecule has 0 saturated carbocycles. The number of carbonyl (C=O) groups is 1. The van der Waals surface area contributed by atoms with Crippen molar-refractivity contribution in [3.8, 4) is 0 Å². The average Bonchev–Trinajstić information content (AvgIpc) is 2.13. The van der Waals surface area contributed by atoms with Crippen LogP contribution in [0.5, 0.6) is 0 Å². The molecule has 1 aromatic carbocycles. The third kappa shape index (κ3) is 3.32. The summed E-state index contributed by atoms with van der Waals surface area (Å²) in [5.74, 6) is -1.24. The number of hydrogen-bond acceptors (Lipinski definition) is 2. The van der Waals surface area contributed by atoms with E-state index in [4.69, 9.17) is 5.11 Å². The number of carboxylic acids is 1. The van der Waals surface area contributed by atoms with Crippen LogP contribution in [0.1, 0.15) is 5.56 Å². The van der Waals surface area contributed by atoms with Gasteiger partial charge in [0.25, 0.3) is 0 Å². The van der Waals surface area contributed by atoms with Crippen molar-refractivity contribution in [2.24, 2.45) is 0 Å². The Morgan fingerprint density at radius 1 is 1.53 bits per heavy atom. The van der Waals surface area contributed by atoms with Gasteiger partial charge in [0.2, 0.25) is 0 Å². The van der Waals surface area contributed by atoms with Gasteiger partial charge >= 0.3 is 5.97 Å². The molecule has 1 atom stereocenters. The highest BCUT2D eigenvalue weighted by Gasteiger charge is 2.20. The minimum Gasteiger partial charge on any atom is -0.480 e. The zero-order valence-corrected chi connectivity index (χ0v) is 8.77. The molecular formula is C11H14FNO2. The summed E-state index contributed by atoms with van der Waals surface area (Å²) in [6.45, 7) is 0. The maximum atomic E-state index is 12.9. The van der Waals surface area contributed by atoms with Gasteiger partial charge in [-0.05, 0) is 38.2 Å². The lowest BCUT2D eigenvalue weighted by atomic mass is 10.1. The van der Waals surface area contributed by atoms with Crippen molar-refractivity contribution in [1.29, 1.82) is 0 Å². The Labute approximate surface area is 88.1 Å². The fraction of sp³-hybridized carbons (Fsp3) is 0.364. The predicted octanol–water partition coefficient (Wildman–Crippen LogP) is 1.38. The molecule has 0 heterocycles. The van der Waals surface area contributed by atoms with Gasteiger partial charge < -0.3 is 5.11 Å². The van der Waals surface area contributed by atoms with Crippen LogP contribution in [0.2, 0.25) is 0 Å². The highest BCUT2D eigenvalue weighted by atomic mass is 19.1. The summed E-state index contributed by atoms with van der Waals surface area (Å²) in [4.78, 5) is 12.5. The standard InChI is InChI=1S/C11H14FNO2/c1-13(2)10(11(14)15)7-8-4-3-5-9(12)6-8/h3-6,10H,7H2,1-2H3,(H,14,15). The Balaban J connectivity index is 2.79. The second-order valence-corrected chi connectivity index (χ2v) is 3.65. The van der Waals surface area contributed by atoms with Crippen molar-refractivity contribution < 1.29 is 14.3 Å². The molecule has 0 amide bonds. The Morgan fingerprint density at radius 3 is 2.67 bits per heavy atom. The molecule has 82 valence electrons. The van der Waals surface area contributed by atoms with Crippen LogP contribution in [-0.4, -0.2) is 36.1 Å². The Morgan fingerprint density at radius 2 is 2.20 bits per heavy atom. The first-order valence-corrected chi connectivity index (χ1v) is 4.64. The monoisotopic (exact) mass is 211 g/mol. The van der Waals surface area contributed by atoms with E-state index in [1.54, 1.807) is 31.1 Å². The third-order valence-corrected chi connectivity index (χ3v) is 2.23. The van der Waals surface area contributed by atoms with Crippen LogP contribution >= 0.6 is 0 Å². The second-order valence-electron chi connectivity index (χ2n) is 3.65. The van der Waals surface area contributed by atoms with E-state index in [0.29, 0.717) is 12.0 Å². The van der Waals surface area contributed by atoms with E-state index in [9.17, 15) is 9.18 Å². The van der Waals surface area contributed by atoms with E-state index in [-0.39, 0.29) is 5.82 Å². The summed E-state index contributed by atoms with van der Waals surface area (Å²) in [5, 5.41) is 8.94. The molecular weight excluding hydrogens is 197 g/mol. The molecule has 0 radical (unpaired) electrons. The SMILES string of the molecule is CN(C)C(Cc1cccc(F)c1)C(=O)O. The van der Waals surface area contributed by atoms with Crippen molar-refractivity contribution in [2.45, 2.75) is 12.5 Å². The molecule has 1 N–H and O–H groups in total. The molecule has 0 aliphatic heterocycles. The fourth-order valence-electron chi connectivity index (χ4n) is 1.38. The first-order chi connectivity index (χ1) is 7.00. The summed E-state index contributed by atoms with van der Waals surface area (Å²) in [5.41, 5.74) is 0.691. The van der Waals surface area contributed by atoms with E-state index in [0.717, 1.165) is 0 Å². The third-order valence-electron chi connectivity index (χ3n) is 2.23. The van der Waals surface area contributed by atoms with Gasteiger partial charge in [0.15, 0.2) is 0 Å². The van der Waals surface area contributed by atoms with Gasteiger partial charge in [-0.3, -0.25) is 9.69 Å². The molecule has 4 heteroatoms. The van der Waals surface area contributed by atoms with Crippen LogP contribution in [0.15, 0.2) is 24.3 Å². The number of likely N-dealkylation sites (N-methyl/N-ethyl adjacent to an activating group) is 1. The smallest absolute Gasteiger partial charge is 0.321 e. The zero-order chi connectivity index (χ0) is 11.4. The highest BCUT2D eigenvalue weighted by molar-refractivity contribution is 5.73. The normalized spacial score (nSPS) is 12.8. The topological polar surface area (TPSA) is 40.5 Å². The van der Waals surface area contributed by atoms with Crippen LogP contribution < -0.4 is 0 Å². The minimum atomic E-state index is -0.899. The lowest BCUT2D eigenvalue weighted by Gasteiger charge is -2.19. The molecule has 0 spiro atoms. The van der Waals surface area contributed by atoms with Gasteiger partial charge in [-0.25, -0.2) is 4.39 Å². The summed E-state index contributed by atoms with van der Waals surface area (Å²) in [6.07, 6.45) is 0.306. The molecule has 15 heavy (non-hydrogen) atoms. The average molecular weight is 211 g/mol. The molecule has 0 aliphatic carbocycles. The maximum absolute atomic E-state index is 12.9. The summed E-state index contributed by atoms with van der Waals surface area (Å²) >= 11 is 0. The van der Waals surface area contributed by atoms with E-state index >= 15 is 0 Å². The Kier molecular flexibility index (Phi) is 3.80. The summed E-state index contributed by atoms with van der Waals surface area (Å²) in [7, 11) is 3.39. The fourth-order valence-corrected chi connectivity index (χ4v) is 1.38. The Bertz CT molecular complexity index is 352. The van der Waals surface area contributed by atoms with E-state index in [1.807, 2.05) is 0 Å². The van der Waals surface area contributed by atoms with Crippen molar-refractivity contribution in [2.75, 3.05) is 14.1 Å². The van der Waals surface area contributed by atoms with Crippen LogP contribution in [0.3, 0.4) is 0 Å². The van der Waals surface area contributed by atoms with Crippen molar-refractivity contribution in [3.05, 3.63) is 35.6 Å². The molecule has 0 aromatic heterocycles. The number of rotatable bonds is 4. The number of nitrogens with zero attached hydrogens (tertiary/aromatic N) is 1. The number of aliphatic carboxylic acids is 1. The van der Waals surface area contributed by atoms with Gasteiger partial charge in [-0.15, -0.1) is 0 Å². The van der Waals surface area contributed by atoms with Crippen LogP contribution in [0.25, 0.3) is 0 Å². The molecule has 1 rings (SSSR count). The molecule has 0 saturated heterocycles. The van der Waals surface area contributed by atoms with Crippen LogP contribution in [0.4, 0.5) is 4.39 Å². The van der Waals surface area contributed by atoms with Gasteiger partial charge in [0.05, 0.1) is 0 Å². The number of carboxylic acid groups (broad SMARTS) is 1. The molecule has 3 nitrogen and oxygen atoms in total. The molecule has 0 fully saturated rings. The maximum Gasteiger partial charge on any atom is 0.321 e. The largest absolute Gasteiger partial charge is 0.480 e. The molecule has 0 aliphatic rings. The molecule has 1 aromatic rings. The highest BCUT2D eigenvalue weighted by Crippen LogP contribution is 2.09. The predicted molar refractivity (Wildman–Crippen MR) is 55.2 cm³/mol. The van der Waals surface area contributed by atoms with E-state index < -0.39 is 12.0 Å². The van der Waals surface area contributed by atoms with Crippen molar-refractivity contribution in [1.82, 2.24) is 4.90 Å². The van der Waals surface area contributed by atoms with E-state index in [1.165, 1.54) is 12.1 Å². The summed E-state index contributed by atoms with van der Waals surface area (Å²) in [6, 6.07) is 5.39.